The van der Waals surface area contributed by atoms with E-state index in [1.807, 2.05) is 58.0 Å². The van der Waals surface area contributed by atoms with Crippen LogP contribution < -0.4 is 5.73 Å². The normalized spacial score (nSPS) is 15.1. The third kappa shape index (κ3) is 3.86. The number of benzene rings is 1. The molecule has 0 bridgehead atoms. The van der Waals surface area contributed by atoms with E-state index in [1.165, 1.54) is 0 Å². The molecule has 1 rings (SSSR count). The van der Waals surface area contributed by atoms with Gasteiger partial charge in [0.05, 0.1) is 0 Å². The minimum Gasteiger partial charge on any atom is -0.461 e. The zero-order valence-corrected chi connectivity index (χ0v) is 10.9. The Bertz CT molecular complexity index is 368. The zero-order chi connectivity index (χ0) is 13.1. The van der Waals surface area contributed by atoms with E-state index in [0.29, 0.717) is 0 Å². The first-order valence-corrected chi connectivity index (χ1v) is 5.83. The second-order valence-electron chi connectivity index (χ2n) is 5.33. The van der Waals surface area contributed by atoms with E-state index in [0.717, 1.165) is 5.56 Å². The van der Waals surface area contributed by atoms with Crippen LogP contribution in [-0.4, -0.2) is 12.1 Å². The van der Waals surface area contributed by atoms with Crippen molar-refractivity contribution in [3.8, 4) is 0 Å². The van der Waals surface area contributed by atoms with Crippen LogP contribution in [-0.2, 0) is 9.53 Å². The summed E-state index contributed by atoms with van der Waals surface area (Å²) < 4.78 is 5.37. The molecule has 0 spiro atoms. The number of ether oxygens (including phenoxy) is 1. The van der Waals surface area contributed by atoms with Crippen LogP contribution in [0.4, 0.5) is 0 Å². The second-order valence-corrected chi connectivity index (χ2v) is 5.33. The Hall–Kier alpha value is -1.35. The minimum atomic E-state index is -0.707. The molecule has 0 amide bonds. The predicted molar refractivity (Wildman–Crippen MR) is 68.4 cm³/mol. The highest BCUT2D eigenvalue weighted by Gasteiger charge is 2.26. The van der Waals surface area contributed by atoms with Crippen molar-refractivity contribution in [3.63, 3.8) is 0 Å². The molecule has 2 N–H and O–H groups in total. The van der Waals surface area contributed by atoms with Gasteiger partial charge in [-0.25, -0.2) is 4.79 Å². The Morgan fingerprint density at radius 1 is 1.24 bits per heavy atom. The molecule has 3 nitrogen and oxygen atoms in total. The number of rotatable bonds is 3. The van der Waals surface area contributed by atoms with Gasteiger partial charge in [-0.15, -0.1) is 0 Å². The van der Waals surface area contributed by atoms with Crippen LogP contribution in [0.1, 0.15) is 39.3 Å². The molecule has 94 valence electrons. The molecule has 1 aromatic rings. The highest BCUT2D eigenvalue weighted by atomic mass is 16.5. The SMILES string of the molecule is C[C@@H](OC(=O)[C@H](N)c1ccccc1)C(C)(C)C. The first kappa shape index (κ1) is 13.7. The standard InChI is InChI=1S/C14H21NO2/c1-10(14(2,3)4)17-13(16)12(15)11-8-6-5-7-9-11/h5-10,12H,15H2,1-4H3/t10-,12-/m1/s1. The number of carbonyl (C=O) groups is 1. The van der Waals surface area contributed by atoms with Gasteiger partial charge in [-0.2, -0.15) is 0 Å². The van der Waals surface area contributed by atoms with Gasteiger partial charge < -0.3 is 10.5 Å². The van der Waals surface area contributed by atoms with Gasteiger partial charge in [0.1, 0.15) is 12.1 Å². The molecule has 0 aliphatic carbocycles. The maximum atomic E-state index is 11.9. The lowest BCUT2D eigenvalue weighted by atomic mass is 9.90. The summed E-state index contributed by atoms with van der Waals surface area (Å²) >= 11 is 0. The lowest BCUT2D eigenvalue weighted by Crippen LogP contribution is -2.33. The molecule has 0 aliphatic heterocycles. The molecule has 0 fully saturated rings. The fourth-order valence-electron chi connectivity index (χ4n) is 1.22. The summed E-state index contributed by atoms with van der Waals surface area (Å²) in [6.45, 7) is 7.96. The molecule has 0 heterocycles. The van der Waals surface area contributed by atoms with Crippen molar-refractivity contribution in [1.82, 2.24) is 0 Å². The zero-order valence-electron chi connectivity index (χ0n) is 10.9. The Balaban J connectivity index is 2.66. The van der Waals surface area contributed by atoms with Crippen LogP contribution in [0.3, 0.4) is 0 Å². The van der Waals surface area contributed by atoms with Crippen molar-refractivity contribution >= 4 is 5.97 Å². The van der Waals surface area contributed by atoms with E-state index < -0.39 is 6.04 Å². The first-order chi connectivity index (χ1) is 7.82. The molecule has 0 aromatic heterocycles. The molecule has 2 atom stereocenters. The summed E-state index contributed by atoms with van der Waals surface area (Å²) in [6.07, 6.45) is -0.162. The van der Waals surface area contributed by atoms with Gasteiger partial charge in [0, 0.05) is 0 Å². The van der Waals surface area contributed by atoms with Crippen molar-refractivity contribution in [2.45, 2.75) is 39.8 Å². The van der Waals surface area contributed by atoms with Gasteiger partial charge >= 0.3 is 5.97 Å². The molecular weight excluding hydrogens is 214 g/mol. The van der Waals surface area contributed by atoms with Crippen molar-refractivity contribution in [2.24, 2.45) is 11.1 Å². The summed E-state index contributed by atoms with van der Waals surface area (Å²) in [5.41, 5.74) is 6.55. The molecule has 0 unspecified atom stereocenters. The number of esters is 1. The molecular formula is C14H21NO2. The van der Waals surface area contributed by atoms with E-state index >= 15 is 0 Å². The molecule has 0 aliphatic rings. The third-order valence-electron chi connectivity index (χ3n) is 2.93. The average Bonchev–Trinajstić information content (AvgIpc) is 2.27. The Morgan fingerprint density at radius 3 is 2.24 bits per heavy atom. The molecule has 0 saturated carbocycles. The van der Waals surface area contributed by atoms with E-state index in [2.05, 4.69) is 0 Å². The average molecular weight is 235 g/mol. The Morgan fingerprint density at radius 2 is 1.76 bits per heavy atom. The van der Waals surface area contributed by atoms with Gasteiger partial charge in [-0.1, -0.05) is 51.1 Å². The molecule has 0 radical (unpaired) electrons. The number of hydrogen-bond acceptors (Lipinski definition) is 3. The van der Waals surface area contributed by atoms with E-state index in [1.54, 1.807) is 0 Å². The maximum Gasteiger partial charge on any atom is 0.327 e. The summed E-state index contributed by atoms with van der Waals surface area (Å²) in [5.74, 6) is -0.376. The number of nitrogens with two attached hydrogens (primary N) is 1. The van der Waals surface area contributed by atoms with Gasteiger partial charge in [-0.3, -0.25) is 0 Å². The van der Waals surface area contributed by atoms with Gasteiger partial charge in [-0.05, 0) is 17.9 Å². The van der Waals surface area contributed by atoms with Gasteiger partial charge in [0.15, 0.2) is 0 Å². The minimum absolute atomic E-state index is 0.0773. The summed E-state index contributed by atoms with van der Waals surface area (Å²) in [5, 5.41) is 0. The summed E-state index contributed by atoms with van der Waals surface area (Å²) in [7, 11) is 0. The van der Waals surface area contributed by atoms with Crippen molar-refractivity contribution < 1.29 is 9.53 Å². The fourth-order valence-corrected chi connectivity index (χ4v) is 1.22. The summed E-state index contributed by atoms with van der Waals surface area (Å²) in [6, 6.07) is 8.55. The molecule has 0 saturated heterocycles. The number of carbonyl (C=O) groups excluding carboxylic acids is 1. The van der Waals surface area contributed by atoms with E-state index in [9.17, 15) is 4.79 Å². The first-order valence-electron chi connectivity index (χ1n) is 5.83. The maximum absolute atomic E-state index is 11.9. The fraction of sp³-hybridized carbons (Fsp3) is 0.500. The second kappa shape index (κ2) is 5.32. The molecule has 17 heavy (non-hydrogen) atoms. The summed E-state index contributed by atoms with van der Waals surface area (Å²) in [4.78, 5) is 11.9. The Labute approximate surface area is 103 Å². The quantitative estimate of drug-likeness (QED) is 0.819. The topological polar surface area (TPSA) is 52.3 Å². The molecule has 3 heteroatoms. The van der Waals surface area contributed by atoms with Gasteiger partial charge in [0.25, 0.3) is 0 Å². The van der Waals surface area contributed by atoms with E-state index in [-0.39, 0.29) is 17.5 Å². The van der Waals surface area contributed by atoms with Crippen molar-refractivity contribution in [1.29, 1.82) is 0 Å². The van der Waals surface area contributed by atoms with Crippen LogP contribution in [0.5, 0.6) is 0 Å². The smallest absolute Gasteiger partial charge is 0.327 e. The van der Waals surface area contributed by atoms with Crippen molar-refractivity contribution in [2.75, 3.05) is 0 Å². The van der Waals surface area contributed by atoms with Crippen LogP contribution in [0, 0.1) is 5.41 Å². The lowest BCUT2D eigenvalue weighted by Gasteiger charge is -2.28. The van der Waals surface area contributed by atoms with Crippen LogP contribution in [0.2, 0.25) is 0 Å². The van der Waals surface area contributed by atoms with Crippen LogP contribution in [0.15, 0.2) is 30.3 Å². The van der Waals surface area contributed by atoms with Crippen molar-refractivity contribution in [3.05, 3.63) is 35.9 Å². The molecule has 1 aromatic carbocycles. The van der Waals surface area contributed by atoms with E-state index in [4.69, 9.17) is 10.5 Å². The Kier molecular flexibility index (Phi) is 4.29. The lowest BCUT2D eigenvalue weighted by molar-refractivity contribution is -0.155. The highest BCUT2D eigenvalue weighted by Crippen LogP contribution is 2.23. The van der Waals surface area contributed by atoms with Crippen LogP contribution in [0.25, 0.3) is 0 Å². The largest absolute Gasteiger partial charge is 0.461 e. The third-order valence-corrected chi connectivity index (χ3v) is 2.93. The predicted octanol–water partition coefficient (Wildman–Crippen LogP) is 2.66. The monoisotopic (exact) mass is 235 g/mol. The van der Waals surface area contributed by atoms with Gasteiger partial charge in [0.2, 0.25) is 0 Å². The highest BCUT2D eigenvalue weighted by molar-refractivity contribution is 5.77. The van der Waals surface area contributed by atoms with Crippen LogP contribution >= 0.6 is 0 Å². The number of hydrogen-bond donors (Lipinski definition) is 1.